The Morgan fingerprint density at radius 2 is 1.78 bits per heavy atom. The van der Waals surface area contributed by atoms with Crippen LogP contribution in [0.15, 0.2) is 5.16 Å². The summed E-state index contributed by atoms with van der Waals surface area (Å²) in [7, 11) is -2.02. The molecule has 0 rings (SSSR count). The minimum Gasteiger partial charge on any atom is -0.296 e. The fraction of sp³-hybridized carbons (Fsp3) is 0.833. The summed E-state index contributed by atoms with van der Waals surface area (Å²) in [5.41, 5.74) is 0. The zero-order chi connectivity index (χ0) is 18.0. The average molecular weight is 387 g/mol. The van der Waals surface area contributed by atoms with Crippen LogP contribution in [0.4, 0.5) is 4.79 Å². The van der Waals surface area contributed by atoms with Crippen LogP contribution in [0.25, 0.3) is 0 Å². The van der Waals surface area contributed by atoms with Crippen molar-refractivity contribution in [1.82, 2.24) is 8.38 Å². The molecular formula is C12H26N3O5PS2. The molecule has 0 radical (unpaired) electrons. The molecule has 0 saturated heterocycles. The first-order valence-electron chi connectivity index (χ1n) is 7.11. The van der Waals surface area contributed by atoms with Crippen LogP contribution in [0, 0.1) is 0 Å². The number of nitrogens with zero attached hydrogens (tertiary/aromatic N) is 3. The largest absolute Gasteiger partial charge is 0.446 e. The lowest BCUT2D eigenvalue weighted by molar-refractivity contribution is 0.136. The molecule has 0 aromatic rings. The topological polar surface area (TPSA) is 80.7 Å². The van der Waals surface area contributed by atoms with Gasteiger partial charge in [0.2, 0.25) is 0 Å². The highest BCUT2D eigenvalue weighted by molar-refractivity contribution is 8.13. The molecule has 0 aromatic carbocycles. The van der Waals surface area contributed by atoms with Crippen LogP contribution < -0.4 is 0 Å². The molecule has 8 nitrogen and oxygen atoms in total. The van der Waals surface area contributed by atoms with Gasteiger partial charge in [-0.1, -0.05) is 5.16 Å². The van der Waals surface area contributed by atoms with Crippen LogP contribution >= 0.6 is 31.6 Å². The number of hydrogen-bond acceptors (Lipinski definition) is 8. The molecule has 0 N–H and O–H groups in total. The van der Waals surface area contributed by atoms with E-state index in [-0.39, 0.29) is 19.3 Å². The van der Waals surface area contributed by atoms with Crippen molar-refractivity contribution >= 4 is 42.8 Å². The Labute approximate surface area is 147 Å². The van der Waals surface area contributed by atoms with Crippen LogP contribution in [0.5, 0.6) is 0 Å². The van der Waals surface area contributed by atoms with Crippen LogP contribution in [-0.2, 0) is 18.5 Å². The second kappa shape index (κ2) is 11.3. The molecule has 0 unspecified atom stereocenters. The van der Waals surface area contributed by atoms with E-state index in [2.05, 4.69) is 5.16 Å². The maximum atomic E-state index is 12.9. The van der Waals surface area contributed by atoms with Gasteiger partial charge in [0.1, 0.15) is 5.04 Å². The molecular weight excluding hydrogens is 361 g/mol. The summed E-state index contributed by atoms with van der Waals surface area (Å²) in [5, 5.41) is 4.29. The van der Waals surface area contributed by atoms with E-state index in [0.717, 1.165) is 12.1 Å². The molecule has 0 saturated carbocycles. The van der Waals surface area contributed by atoms with E-state index < -0.39 is 13.8 Å². The quantitative estimate of drug-likeness (QED) is 0.145. The second-order valence-electron chi connectivity index (χ2n) is 4.45. The van der Waals surface area contributed by atoms with Gasteiger partial charge in [-0.2, -0.15) is 0 Å². The third kappa shape index (κ3) is 7.91. The van der Waals surface area contributed by atoms with E-state index in [0.29, 0.717) is 5.04 Å². The van der Waals surface area contributed by atoms with Gasteiger partial charge < -0.3 is 0 Å². The third-order valence-corrected chi connectivity index (χ3v) is 6.86. The van der Waals surface area contributed by atoms with Gasteiger partial charge in [-0.15, -0.1) is 15.8 Å². The monoisotopic (exact) mass is 387 g/mol. The van der Waals surface area contributed by atoms with Gasteiger partial charge in [0.05, 0.1) is 25.3 Å². The fourth-order valence-electron chi connectivity index (χ4n) is 1.26. The summed E-state index contributed by atoms with van der Waals surface area (Å²) >= 11 is 2.28. The Balaban J connectivity index is 5.05. The van der Waals surface area contributed by atoms with Crippen molar-refractivity contribution in [2.24, 2.45) is 5.16 Å². The smallest absolute Gasteiger partial charge is 0.296 e. The Morgan fingerprint density at radius 1 is 1.26 bits per heavy atom. The standard InChI is InChI=1S/C12H26N3O5PS2/c1-8-18-21(17,19-9-2)15(10(3)4)23-14(6)12(16)20-13-11(5)22-7/h10H,8-9H2,1-7H3/b13-11-. The molecule has 0 heterocycles. The lowest BCUT2D eigenvalue weighted by Gasteiger charge is -2.32. The molecule has 0 aliphatic carbocycles. The third-order valence-electron chi connectivity index (χ3n) is 2.28. The molecule has 11 heteroatoms. The van der Waals surface area contributed by atoms with E-state index in [9.17, 15) is 9.36 Å². The molecule has 0 aliphatic heterocycles. The number of carbonyl (C=O) groups is 1. The molecule has 0 aliphatic rings. The molecule has 0 aromatic heterocycles. The van der Waals surface area contributed by atoms with Crippen molar-refractivity contribution < 1.29 is 23.2 Å². The van der Waals surface area contributed by atoms with E-state index in [1.165, 1.54) is 27.2 Å². The van der Waals surface area contributed by atoms with E-state index in [4.69, 9.17) is 13.9 Å². The first-order valence-corrected chi connectivity index (χ1v) is 10.6. The van der Waals surface area contributed by atoms with Gasteiger partial charge in [0.15, 0.2) is 0 Å². The summed E-state index contributed by atoms with van der Waals surface area (Å²) < 4.78 is 26.1. The minimum atomic E-state index is -3.52. The summed E-state index contributed by atoms with van der Waals surface area (Å²) in [6.07, 6.45) is 1.14. The van der Waals surface area contributed by atoms with Gasteiger partial charge in [-0.25, -0.2) is 13.7 Å². The summed E-state index contributed by atoms with van der Waals surface area (Å²) in [6, 6.07) is -0.199. The summed E-state index contributed by atoms with van der Waals surface area (Å²) in [5.74, 6) is 0. The highest BCUT2D eigenvalue weighted by atomic mass is 32.2. The van der Waals surface area contributed by atoms with Gasteiger partial charge in [-0.05, 0) is 40.9 Å². The molecule has 136 valence electrons. The lowest BCUT2D eigenvalue weighted by Crippen LogP contribution is -2.31. The Morgan fingerprint density at radius 3 is 2.17 bits per heavy atom. The Hall–Kier alpha value is -0.250. The van der Waals surface area contributed by atoms with Crippen molar-refractivity contribution in [3.63, 3.8) is 0 Å². The number of carbonyl (C=O) groups excluding carboxylic acids is 1. The van der Waals surface area contributed by atoms with Crippen molar-refractivity contribution in [1.29, 1.82) is 0 Å². The van der Waals surface area contributed by atoms with Gasteiger partial charge in [-0.3, -0.25) is 13.9 Å². The predicted octanol–water partition coefficient (Wildman–Crippen LogP) is 4.21. The number of hydrogen-bond donors (Lipinski definition) is 0. The Bertz CT molecular complexity index is 440. The first kappa shape index (κ1) is 22.8. The fourth-order valence-corrected chi connectivity index (χ4v) is 4.40. The predicted molar refractivity (Wildman–Crippen MR) is 96.3 cm³/mol. The summed E-state index contributed by atoms with van der Waals surface area (Å²) in [4.78, 5) is 16.7. The van der Waals surface area contributed by atoms with Gasteiger partial charge in [0.25, 0.3) is 0 Å². The Kier molecular flexibility index (Phi) is 11.2. The molecule has 23 heavy (non-hydrogen) atoms. The zero-order valence-electron chi connectivity index (χ0n) is 14.6. The highest BCUT2D eigenvalue weighted by Gasteiger charge is 2.38. The molecule has 0 atom stereocenters. The normalized spacial score (nSPS) is 12.8. The average Bonchev–Trinajstić information content (AvgIpc) is 2.49. The maximum Gasteiger partial charge on any atom is 0.446 e. The highest BCUT2D eigenvalue weighted by Crippen LogP contribution is 2.57. The van der Waals surface area contributed by atoms with E-state index in [1.54, 1.807) is 20.8 Å². The van der Waals surface area contributed by atoms with Crippen LogP contribution in [-0.4, -0.2) is 52.1 Å². The molecule has 0 bridgehead atoms. The number of amides is 1. The van der Waals surface area contributed by atoms with E-state index >= 15 is 0 Å². The summed E-state index contributed by atoms with van der Waals surface area (Å²) in [6.45, 7) is 9.29. The molecule has 0 spiro atoms. The van der Waals surface area contributed by atoms with Crippen LogP contribution in [0.1, 0.15) is 34.6 Å². The number of oxime groups is 1. The molecule has 1 amide bonds. The van der Waals surface area contributed by atoms with Crippen molar-refractivity contribution in [2.45, 2.75) is 40.7 Å². The first-order chi connectivity index (χ1) is 10.7. The van der Waals surface area contributed by atoms with Crippen LogP contribution in [0.2, 0.25) is 0 Å². The number of thioether (sulfide) groups is 1. The minimum absolute atomic E-state index is 0.199. The maximum absolute atomic E-state index is 12.9. The van der Waals surface area contributed by atoms with Crippen molar-refractivity contribution in [3.8, 4) is 0 Å². The zero-order valence-corrected chi connectivity index (χ0v) is 17.2. The lowest BCUT2D eigenvalue weighted by atomic mass is 10.4. The second-order valence-corrected chi connectivity index (χ2v) is 8.71. The van der Waals surface area contributed by atoms with Crippen molar-refractivity contribution in [2.75, 3.05) is 26.5 Å². The van der Waals surface area contributed by atoms with Crippen LogP contribution in [0.3, 0.4) is 0 Å². The van der Waals surface area contributed by atoms with E-state index in [1.807, 2.05) is 20.1 Å². The van der Waals surface area contributed by atoms with Crippen molar-refractivity contribution in [3.05, 3.63) is 0 Å². The SMILES string of the molecule is CCOP(=O)(OCC)N(SN(C)C(=O)O/N=C(/C)SC)C(C)C. The number of rotatable bonds is 9. The van der Waals surface area contributed by atoms with Gasteiger partial charge >= 0.3 is 13.8 Å². The molecule has 0 fully saturated rings. The van der Waals surface area contributed by atoms with Gasteiger partial charge in [0, 0.05) is 13.1 Å².